The molecule has 4 rings (SSSR count). The van der Waals surface area contributed by atoms with E-state index in [0.717, 1.165) is 0 Å². The number of morpholine rings is 1. The zero-order chi connectivity index (χ0) is 25.5. The quantitative estimate of drug-likeness (QED) is 0.252. The van der Waals surface area contributed by atoms with Gasteiger partial charge in [0.15, 0.2) is 0 Å². The van der Waals surface area contributed by atoms with E-state index in [1.165, 1.54) is 37.6 Å². The number of nitro groups is 2. The van der Waals surface area contributed by atoms with E-state index in [-0.39, 0.29) is 29.0 Å². The summed E-state index contributed by atoms with van der Waals surface area (Å²) >= 11 is 0. The molecule has 0 radical (unpaired) electrons. The first-order valence-electron chi connectivity index (χ1n) is 10.7. The molecule has 0 aliphatic carbocycles. The topological polar surface area (TPSA) is 183 Å². The lowest BCUT2D eigenvalue weighted by Gasteiger charge is -2.27. The molecule has 1 aliphatic heterocycles. The van der Waals surface area contributed by atoms with Gasteiger partial charge in [-0.25, -0.2) is 5.43 Å². The van der Waals surface area contributed by atoms with Gasteiger partial charge in [0.25, 0.3) is 5.69 Å². The molecule has 0 amide bonds. The molecule has 0 bridgehead atoms. The maximum Gasteiger partial charge on any atom is 0.311 e. The number of anilines is 4. The molecule has 36 heavy (non-hydrogen) atoms. The van der Waals surface area contributed by atoms with Crippen molar-refractivity contribution in [3.05, 3.63) is 68.3 Å². The molecule has 0 spiro atoms. The van der Waals surface area contributed by atoms with Crippen molar-refractivity contribution in [1.29, 1.82) is 0 Å². The van der Waals surface area contributed by atoms with Gasteiger partial charge in [-0.2, -0.15) is 20.1 Å². The number of non-ortho nitro benzene ring substituents is 1. The summed E-state index contributed by atoms with van der Waals surface area (Å²) in [7, 11) is 1.33. The monoisotopic (exact) mass is 495 g/mol. The number of aromatic nitrogens is 3. The molecule has 1 aliphatic rings. The summed E-state index contributed by atoms with van der Waals surface area (Å²) in [6.07, 6.45) is 1.34. The Morgan fingerprint density at radius 1 is 1.06 bits per heavy atom. The van der Waals surface area contributed by atoms with Crippen LogP contribution in [0.25, 0.3) is 0 Å². The van der Waals surface area contributed by atoms with Crippen LogP contribution in [0.3, 0.4) is 0 Å². The lowest BCUT2D eigenvalue weighted by atomic mass is 10.2. The third-order valence-electron chi connectivity index (χ3n) is 5.02. The van der Waals surface area contributed by atoms with E-state index in [0.29, 0.717) is 43.5 Å². The number of para-hydroxylation sites is 1. The van der Waals surface area contributed by atoms with Gasteiger partial charge in [-0.15, -0.1) is 0 Å². The van der Waals surface area contributed by atoms with E-state index in [9.17, 15) is 20.2 Å². The van der Waals surface area contributed by atoms with E-state index >= 15 is 0 Å². The molecule has 186 valence electrons. The zero-order valence-corrected chi connectivity index (χ0v) is 19.0. The summed E-state index contributed by atoms with van der Waals surface area (Å²) < 4.78 is 10.6. The van der Waals surface area contributed by atoms with E-state index in [2.05, 4.69) is 30.8 Å². The maximum atomic E-state index is 11.2. The molecule has 3 aromatic rings. The number of nitro benzene ring substituents is 2. The molecule has 1 fully saturated rings. The Balaban J connectivity index is 1.61. The van der Waals surface area contributed by atoms with Crippen molar-refractivity contribution in [3.63, 3.8) is 0 Å². The van der Waals surface area contributed by atoms with Crippen molar-refractivity contribution >= 4 is 41.1 Å². The molecule has 2 aromatic carbocycles. The summed E-state index contributed by atoms with van der Waals surface area (Å²) in [5, 5.41) is 29.4. The molecular formula is C21H21N9O6. The Morgan fingerprint density at radius 2 is 1.81 bits per heavy atom. The van der Waals surface area contributed by atoms with Gasteiger partial charge >= 0.3 is 5.69 Å². The largest absolute Gasteiger partial charge is 0.490 e. The molecule has 2 heterocycles. The van der Waals surface area contributed by atoms with Gasteiger partial charge in [0.05, 0.1) is 36.4 Å². The highest BCUT2D eigenvalue weighted by Gasteiger charge is 2.19. The molecule has 0 saturated carbocycles. The number of nitrogens with zero attached hydrogens (tertiary/aromatic N) is 7. The minimum Gasteiger partial charge on any atom is -0.490 e. The van der Waals surface area contributed by atoms with Gasteiger partial charge < -0.3 is 19.7 Å². The Kier molecular flexibility index (Phi) is 7.40. The number of hydrazone groups is 1. The van der Waals surface area contributed by atoms with Crippen LogP contribution in [0.15, 0.2) is 47.6 Å². The van der Waals surface area contributed by atoms with Crippen LogP contribution in [0.1, 0.15) is 5.56 Å². The van der Waals surface area contributed by atoms with E-state index in [4.69, 9.17) is 9.47 Å². The van der Waals surface area contributed by atoms with E-state index in [1.54, 1.807) is 18.2 Å². The maximum absolute atomic E-state index is 11.2. The van der Waals surface area contributed by atoms with Crippen LogP contribution in [-0.4, -0.2) is 64.4 Å². The summed E-state index contributed by atoms with van der Waals surface area (Å²) in [6, 6.07) is 10.4. The predicted molar refractivity (Wildman–Crippen MR) is 130 cm³/mol. The standard InChI is InChI=1S/C21H21N9O6/c1-35-18-14(4-2-7-17(18)30(33)34)13-22-27-20-24-19(23-15-5-3-6-16(12-15)29(31)32)25-21(26-20)28-8-10-36-11-9-28/h2-7,12-13H,8-11H2,1H3,(H2,23,24,25,26,27). The number of methoxy groups -OCH3 is 1. The number of hydrogen-bond acceptors (Lipinski definition) is 13. The average Bonchev–Trinajstić information content (AvgIpc) is 2.89. The molecular weight excluding hydrogens is 474 g/mol. The molecule has 15 heteroatoms. The summed E-state index contributed by atoms with van der Waals surface area (Å²) in [4.78, 5) is 36.3. The van der Waals surface area contributed by atoms with Crippen LogP contribution in [0, 0.1) is 20.2 Å². The molecule has 2 N–H and O–H groups in total. The number of rotatable bonds is 9. The van der Waals surface area contributed by atoms with Gasteiger partial charge in [0.1, 0.15) is 0 Å². The fourth-order valence-corrected chi connectivity index (χ4v) is 3.37. The van der Waals surface area contributed by atoms with Crippen molar-refractivity contribution in [3.8, 4) is 5.75 Å². The first kappa shape index (κ1) is 24.2. The number of nitrogens with one attached hydrogen (secondary N) is 2. The fraction of sp³-hybridized carbons (Fsp3) is 0.238. The second-order valence-electron chi connectivity index (χ2n) is 7.34. The Hall–Kier alpha value is -4.92. The van der Waals surface area contributed by atoms with Crippen molar-refractivity contribution in [2.24, 2.45) is 5.10 Å². The average molecular weight is 495 g/mol. The number of benzene rings is 2. The molecule has 0 atom stereocenters. The Labute approximate surface area is 204 Å². The smallest absolute Gasteiger partial charge is 0.311 e. The zero-order valence-electron chi connectivity index (χ0n) is 19.0. The van der Waals surface area contributed by atoms with Crippen LogP contribution in [-0.2, 0) is 4.74 Å². The Morgan fingerprint density at radius 3 is 2.53 bits per heavy atom. The molecule has 1 saturated heterocycles. The molecule has 15 nitrogen and oxygen atoms in total. The van der Waals surface area contributed by atoms with E-state index < -0.39 is 9.85 Å². The van der Waals surface area contributed by atoms with Gasteiger partial charge in [-0.3, -0.25) is 20.2 Å². The van der Waals surface area contributed by atoms with Crippen LogP contribution >= 0.6 is 0 Å². The molecule has 1 aromatic heterocycles. The second-order valence-corrected chi connectivity index (χ2v) is 7.34. The minimum absolute atomic E-state index is 0.0609. The number of hydrogen-bond donors (Lipinski definition) is 2. The third kappa shape index (κ3) is 5.76. The Bertz CT molecular complexity index is 1300. The minimum atomic E-state index is -0.546. The SMILES string of the molecule is COc1c(C=NNc2nc(Nc3cccc([N+](=O)[O-])c3)nc(N3CCOCC3)n2)cccc1[N+](=O)[O-]. The predicted octanol–water partition coefficient (Wildman–Crippen LogP) is 2.72. The van der Waals surface area contributed by atoms with Crippen LogP contribution in [0.2, 0.25) is 0 Å². The third-order valence-corrected chi connectivity index (χ3v) is 5.02. The highest BCUT2D eigenvalue weighted by molar-refractivity contribution is 5.86. The van der Waals surface area contributed by atoms with Crippen molar-refractivity contribution < 1.29 is 19.3 Å². The first-order chi connectivity index (χ1) is 17.4. The molecule has 0 unspecified atom stereocenters. The lowest BCUT2D eigenvalue weighted by molar-refractivity contribution is -0.385. The van der Waals surface area contributed by atoms with Crippen LogP contribution < -0.4 is 20.4 Å². The van der Waals surface area contributed by atoms with Gasteiger partial charge in [0.2, 0.25) is 23.6 Å². The van der Waals surface area contributed by atoms with Crippen molar-refractivity contribution in [2.75, 3.05) is 49.1 Å². The van der Waals surface area contributed by atoms with Crippen molar-refractivity contribution in [2.45, 2.75) is 0 Å². The highest BCUT2D eigenvalue weighted by atomic mass is 16.6. The summed E-state index contributed by atoms with van der Waals surface area (Å²) in [6.45, 7) is 2.14. The van der Waals surface area contributed by atoms with Gasteiger partial charge in [-0.05, 0) is 12.1 Å². The highest BCUT2D eigenvalue weighted by Crippen LogP contribution is 2.29. The fourth-order valence-electron chi connectivity index (χ4n) is 3.37. The van der Waals surface area contributed by atoms with Gasteiger partial charge in [-0.1, -0.05) is 12.1 Å². The lowest BCUT2D eigenvalue weighted by Crippen LogP contribution is -2.37. The summed E-state index contributed by atoms with van der Waals surface area (Å²) in [5.41, 5.74) is 3.21. The normalized spacial score (nSPS) is 13.4. The second kappa shape index (κ2) is 11.0. The number of ether oxygens (including phenoxy) is 2. The van der Waals surface area contributed by atoms with Crippen LogP contribution in [0.4, 0.5) is 34.9 Å². The van der Waals surface area contributed by atoms with Crippen molar-refractivity contribution in [1.82, 2.24) is 15.0 Å². The van der Waals surface area contributed by atoms with E-state index in [1.807, 2.05) is 4.90 Å². The van der Waals surface area contributed by atoms with Crippen LogP contribution in [0.5, 0.6) is 5.75 Å². The summed E-state index contributed by atoms with van der Waals surface area (Å²) in [5.74, 6) is 0.635. The van der Waals surface area contributed by atoms with Gasteiger partial charge in [0, 0.05) is 42.5 Å². The first-order valence-corrected chi connectivity index (χ1v) is 10.7.